The molecule has 0 spiro atoms. The van der Waals surface area contributed by atoms with Crippen LogP contribution in [0.25, 0.3) is 0 Å². The van der Waals surface area contributed by atoms with Crippen LogP contribution < -0.4 is 5.32 Å². The second-order valence-corrected chi connectivity index (χ2v) is 2.12. The zero-order chi connectivity index (χ0) is 8.10. The molecule has 0 amide bonds. The van der Waals surface area contributed by atoms with Gasteiger partial charge in [0.2, 0.25) is 0 Å². The topological polar surface area (TPSA) is 48.8 Å². The average Bonchev–Trinajstić information content (AvgIpc) is 2.07. The molecule has 2 N–H and O–H groups in total. The van der Waals surface area contributed by atoms with Crippen molar-refractivity contribution in [3.8, 4) is 0 Å². The van der Waals surface area contributed by atoms with Gasteiger partial charge in [-0.25, -0.2) is 0 Å². The Balaban J connectivity index is 2.69. The summed E-state index contributed by atoms with van der Waals surface area (Å²) in [6.45, 7) is 2.72. The minimum absolute atomic E-state index is 0.383. The maximum absolute atomic E-state index is 7.46. The van der Waals surface area contributed by atoms with E-state index < -0.39 is 0 Å². The molecule has 58 valence electrons. The van der Waals surface area contributed by atoms with Crippen molar-refractivity contribution in [3.63, 3.8) is 0 Å². The van der Waals surface area contributed by atoms with Crippen molar-refractivity contribution >= 4 is 5.84 Å². The summed E-state index contributed by atoms with van der Waals surface area (Å²) in [6.07, 6.45) is 1.68. The molecule has 0 unspecified atom stereocenters. The second-order valence-electron chi connectivity index (χ2n) is 2.12. The van der Waals surface area contributed by atoms with Crippen LogP contribution in [0.4, 0.5) is 0 Å². The van der Waals surface area contributed by atoms with Crippen molar-refractivity contribution in [2.24, 2.45) is 0 Å². The summed E-state index contributed by atoms with van der Waals surface area (Å²) in [4.78, 5) is 4.01. The van der Waals surface area contributed by atoms with Gasteiger partial charge >= 0.3 is 0 Å². The number of pyridine rings is 1. The SMILES string of the molecule is CCNC(=N)c1ccccn1. The lowest BCUT2D eigenvalue weighted by Gasteiger charge is -2.02. The highest BCUT2D eigenvalue weighted by Gasteiger charge is 1.97. The lowest BCUT2D eigenvalue weighted by molar-refractivity contribution is 0.950. The van der Waals surface area contributed by atoms with Gasteiger partial charge in [0.25, 0.3) is 0 Å². The highest BCUT2D eigenvalue weighted by Crippen LogP contribution is 1.91. The standard InChI is InChI=1S/C8H11N3/c1-2-10-8(9)7-5-3-4-6-11-7/h3-6H,2H2,1H3,(H2,9,10). The van der Waals surface area contributed by atoms with E-state index in [9.17, 15) is 0 Å². The van der Waals surface area contributed by atoms with Crippen molar-refractivity contribution in [2.75, 3.05) is 6.54 Å². The number of nitrogens with one attached hydrogen (secondary N) is 2. The van der Waals surface area contributed by atoms with Crippen LogP contribution in [0, 0.1) is 5.41 Å². The Morgan fingerprint density at radius 2 is 2.45 bits per heavy atom. The predicted octanol–water partition coefficient (Wildman–Crippen LogP) is 1.02. The molecule has 0 atom stereocenters. The van der Waals surface area contributed by atoms with E-state index in [1.54, 1.807) is 6.20 Å². The summed E-state index contributed by atoms with van der Waals surface area (Å²) in [5.74, 6) is 0.383. The molecule has 3 nitrogen and oxygen atoms in total. The number of aromatic nitrogens is 1. The monoisotopic (exact) mass is 149 g/mol. The van der Waals surface area contributed by atoms with E-state index in [2.05, 4.69) is 10.3 Å². The Labute approximate surface area is 66.0 Å². The minimum atomic E-state index is 0.383. The van der Waals surface area contributed by atoms with Crippen molar-refractivity contribution < 1.29 is 0 Å². The van der Waals surface area contributed by atoms with Gasteiger partial charge in [-0.05, 0) is 19.1 Å². The first kappa shape index (κ1) is 7.72. The van der Waals surface area contributed by atoms with E-state index in [4.69, 9.17) is 5.41 Å². The highest BCUT2D eigenvalue weighted by molar-refractivity contribution is 5.94. The molecule has 1 aromatic heterocycles. The molecule has 1 heterocycles. The maximum Gasteiger partial charge on any atom is 0.144 e. The van der Waals surface area contributed by atoms with Crippen molar-refractivity contribution in [2.45, 2.75) is 6.92 Å². The Hall–Kier alpha value is -1.38. The fraction of sp³-hybridized carbons (Fsp3) is 0.250. The number of rotatable bonds is 2. The van der Waals surface area contributed by atoms with E-state index in [1.807, 2.05) is 25.1 Å². The van der Waals surface area contributed by atoms with Gasteiger partial charge in [-0.3, -0.25) is 10.4 Å². The summed E-state index contributed by atoms with van der Waals surface area (Å²) in [7, 11) is 0. The third-order valence-electron chi connectivity index (χ3n) is 1.27. The zero-order valence-corrected chi connectivity index (χ0v) is 6.46. The molecule has 1 rings (SSSR count). The Morgan fingerprint density at radius 3 is 3.00 bits per heavy atom. The Morgan fingerprint density at radius 1 is 1.64 bits per heavy atom. The van der Waals surface area contributed by atoms with E-state index >= 15 is 0 Å². The van der Waals surface area contributed by atoms with Crippen LogP contribution in [0.2, 0.25) is 0 Å². The lowest BCUT2D eigenvalue weighted by Crippen LogP contribution is -2.23. The molecular weight excluding hydrogens is 138 g/mol. The van der Waals surface area contributed by atoms with Gasteiger partial charge < -0.3 is 5.32 Å². The first-order valence-electron chi connectivity index (χ1n) is 3.58. The van der Waals surface area contributed by atoms with Gasteiger partial charge in [0.15, 0.2) is 0 Å². The number of nitrogens with zero attached hydrogens (tertiary/aromatic N) is 1. The van der Waals surface area contributed by atoms with Crippen LogP contribution >= 0.6 is 0 Å². The quantitative estimate of drug-likeness (QED) is 0.487. The summed E-state index contributed by atoms with van der Waals surface area (Å²) in [6, 6.07) is 5.52. The van der Waals surface area contributed by atoms with E-state index in [1.165, 1.54) is 0 Å². The molecule has 3 heteroatoms. The smallest absolute Gasteiger partial charge is 0.144 e. The first-order chi connectivity index (χ1) is 5.34. The van der Waals surface area contributed by atoms with Crippen LogP contribution in [-0.4, -0.2) is 17.4 Å². The summed E-state index contributed by atoms with van der Waals surface area (Å²) in [5, 5.41) is 10.3. The van der Waals surface area contributed by atoms with Crippen LogP contribution in [0.1, 0.15) is 12.6 Å². The van der Waals surface area contributed by atoms with Gasteiger partial charge in [0, 0.05) is 12.7 Å². The summed E-state index contributed by atoms with van der Waals surface area (Å²) < 4.78 is 0. The number of amidine groups is 1. The van der Waals surface area contributed by atoms with E-state index in [0.717, 1.165) is 6.54 Å². The summed E-state index contributed by atoms with van der Waals surface area (Å²) >= 11 is 0. The lowest BCUT2D eigenvalue weighted by atomic mass is 10.3. The zero-order valence-electron chi connectivity index (χ0n) is 6.46. The molecule has 1 aromatic rings. The fourth-order valence-electron chi connectivity index (χ4n) is 0.778. The van der Waals surface area contributed by atoms with Crippen molar-refractivity contribution in [1.82, 2.24) is 10.3 Å². The van der Waals surface area contributed by atoms with Gasteiger partial charge in [-0.2, -0.15) is 0 Å². The minimum Gasteiger partial charge on any atom is -0.369 e. The molecule has 0 fully saturated rings. The molecule has 0 saturated heterocycles. The molecule has 0 radical (unpaired) electrons. The largest absolute Gasteiger partial charge is 0.369 e. The van der Waals surface area contributed by atoms with Crippen LogP contribution in [0.15, 0.2) is 24.4 Å². The molecule has 0 bridgehead atoms. The van der Waals surface area contributed by atoms with Crippen LogP contribution in [-0.2, 0) is 0 Å². The van der Waals surface area contributed by atoms with E-state index in [0.29, 0.717) is 11.5 Å². The van der Waals surface area contributed by atoms with Crippen molar-refractivity contribution in [1.29, 1.82) is 5.41 Å². The molecule has 0 aliphatic rings. The maximum atomic E-state index is 7.46. The molecule has 0 aliphatic carbocycles. The Bertz CT molecular complexity index is 230. The Kier molecular flexibility index (Phi) is 2.60. The summed E-state index contributed by atoms with van der Waals surface area (Å²) in [5.41, 5.74) is 0.689. The van der Waals surface area contributed by atoms with Crippen molar-refractivity contribution in [3.05, 3.63) is 30.1 Å². The second kappa shape index (κ2) is 3.71. The molecule has 0 aromatic carbocycles. The van der Waals surface area contributed by atoms with E-state index in [-0.39, 0.29) is 0 Å². The average molecular weight is 149 g/mol. The first-order valence-corrected chi connectivity index (χ1v) is 3.58. The highest BCUT2D eigenvalue weighted by atomic mass is 14.9. The van der Waals surface area contributed by atoms with Gasteiger partial charge in [-0.15, -0.1) is 0 Å². The molecule has 11 heavy (non-hydrogen) atoms. The van der Waals surface area contributed by atoms with Gasteiger partial charge in [0.05, 0.1) is 0 Å². The van der Waals surface area contributed by atoms with Gasteiger partial charge in [-0.1, -0.05) is 6.07 Å². The number of hydrogen-bond acceptors (Lipinski definition) is 2. The molecule has 0 saturated carbocycles. The molecular formula is C8H11N3. The van der Waals surface area contributed by atoms with Crippen LogP contribution in [0.5, 0.6) is 0 Å². The normalized spacial score (nSPS) is 9.18. The number of hydrogen-bond donors (Lipinski definition) is 2. The predicted molar refractivity (Wildman–Crippen MR) is 44.7 cm³/mol. The van der Waals surface area contributed by atoms with Crippen LogP contribution in [0.3, 0.4) is 0 Å². The van der Waals surface area contributed by atoms with Gasteiger partial charge in [0.1, 0.15) is 11.5 Å². The fourth-order valence-corrected chi connectivity index (χ4v) is 0.778. The molecule has 0 aliphatic heterocycles. The third-order valence-corrected chi connectivity index (χ3v) is 1.27. The third kappa shape index (κ3) is 2.04.